The summed E-state index contributed by atoms with van der Waals surface area (Å²) >= 11 is 0. The molecule has 0 saturated carbocycles. The second kappa shape index (κ2) is 6.56. The van der Waals surface area contributed by atoms with E-state index in [9.17, 15) is 0 Å². The highest BCUT2D eigenvalue weighted by molar-refractivity contribution is 5.46. The first kappa shape index (κ1) is 14.5. The lowest BCUT2D eigenvalue weighted by atomic mass is 10.00. The number of hydrogen-bond donors (Lipinski definition) is 1. The van der Waals surface area contributed by atoms with Gasteiger partial charge in [-0.3, -0.25) is 9.88 Å². The van der Waals surface area contributed by atoms with Crippen molar-refractivity contribution in [2.45, 2.75) is 12.5 Å². The first-order chi connectivity index (χ1) is 11.4. The van der Waals surface area contributed by atoms with Gasteiger partial charge in [0.2, 0.25) is 6.79 Å². The van der Waals surface area contributed by atoms with Crippen molar-refractivity contribution in [2.24, 2.45) is 0 Å². The largest absolute Gasteiger partial charge is 0.454 e. The maximum absolute atomic E-state index is 5.56. The van der Waals surface area contributed by atoms with Crippen LogP contribution in [0.15, 0.2) is 42.6 Å². The Kier molecular flexibility index (Phi) is 4.13. The Hall–Kier alpha value is -2.11. The molecule has 4 rings (SSSR count). The molecule has 0 spiro atoms. The minimum atomic E-state index is 0.144. The molecule has 3 heterocycles. The summed E-state index contributed by atoms with van der Waals surface area (Å²) in [6.07, 6.45) is 3.01. The number of nitrogens with one attached hydrogen (secondary N) is 1. The summed E-state index contributed by atoms with van der Waals surface area (Å²) in [6.45, 7) is 4.46. The van der Waals surface area contributed by atoms with Gasteiger partial charge in [0.1, 0.15) is 0 Å². The van der Waals surface area contributed by atoms with E-state index in [2.05, 4.69) is 39.5 Å². The van der Waals surface area contributed by atoms with Crippen molar-refractivity contribution in [1.82, 2.24) is 15.2 Å². The second-order valence-electron chi connectivity index (χ2n) is 5.91. The molecule has 1 atom stereocenters. The summed E-state index contributed by atoms with van der Waals surface area (Å²) in [4.78, 5) is 7.12. The van der Waals surface area contributed by atoms with Crippen molar-refractivity contribution in [1.29, 1.82) is 0 Å². The van der Waals surface area contributed by atoms with Crippen LogP contribution >= 0.6 is 0 Å². The van der Waals surface area contributed by atoms with Crippen molar-refractivity contribution >= 4 is 0 Å². The maximum atomic E-state index is 5.56. The summed E-state index contributed by atoms with van der Waals surface area (Å²) in [5, 5.41) is 3.47. The van der Waals surface area contributed by atoms with Crippen LogP contribution in [0.3, 0.4) is 0 Å². The van der Waals surface area contributed by atoms with Crippen LogP contribution in [-0.2, 0) is 0 Å². The van der Waals surface area contributed by atoms with Crippen molar-refractivity contribution in [3.63, 3.8) is 0 Å². The molecule has 1 saturated heterocycles. The quantitative estimate of drug-likeness (QED) is 0.941. The SMILES string of the molecule is c1ccc(C(c2ccc3c(c2)OCO3)N2CCCNCC2)nc1. The van der Waals surface area contributed by atoms with Crippen molar-refractivity contribution in [3.8, 4) is 11.5 Å². The molecule has 1 fully saturated rings. The van der Waals surface area contributed by atoms with Gasteiger partial charge in [-0.05, 0) is 42.8 Å². The lowest BCUT2D eigenvalue weighted by Crippen LogP contribution is -2.33. The van der Waals surface area contributed by atoms with Crippen LogP contribution in [-0.4, -0.2) is 42.9 Å². The fourth-order valence-electron chi connectivity index (χ4n) is 3.31. The summed E-state index contributed by atoms with van der Waals surface area (Å²) in [6, 6.07) is 12.5. The zero-order valence-electron chi connectivity index (χ0n) is 13.1. The molecule has 0 bridgehead atoms. The van der Waals surface area contributed by atoms with Crippen molar-refractivity contribution < 1.29 is 9.47 Å². The summed E-state index contributed by atoms with van der Waals surface area (Å²) in [5.74, 6) is 1.66. The van der Waals surface area contributed by atoms with Crippen LogP contribution < -0.4 is 14.8 Å². The Balaban J connectivity index is 1.72. The van der Waals surface area contributed by atoms with E-state index in [1.807, 2.05) is 18.3 Å². The van der Waals surface area contributed by atoms with E-state index in [0.717, 1.165) is 49.8 Å². The number of pyridine rings is 1. The zero-order chi connectivity index (χ0) is 15.5. The van der Waals surface area contributed by atoms with E-state index in [4.69, 9.17) is 9.47 Å². The van der Waals surface area contributed by atoms with E-state index in [-0.39, 0.29) is 6.04 Å². The molecule has 1 unspecified atom stereocenters. The van der Waals surface area contributed by atoms with E-state index in [0.29, 0.717) is 6.79 Å². The van der Waals surface area contributed by atoms with Gasteiger partial charge in [0, 0.05) is 25.8 Å². The molecule has 5 heteroatoms. The third-order valence-electron chi connectivity index (χ3n) is 4.42. The number of rotatable bonds is 3. The molecule has 0 radical (unpaired) electrons. The van der Waals surface area contributed by atoms with E-state index in [1.165, 1.54) is 5.56 Å². The van der Waals surface area contributed by atoms with Gasteiger partial charge in [-0.25, -0.2) is 0 Å². The van der Waals surface area contributed by atoms with Gasteiger partial charge in [-0.15, -0.1) is 0 Å². The molecule has 120 valence electrons. The number of hydrogen-bond acceptors (Lipinski definition) is 5. The average molecular weight is 311 g/mol. The third kappa shape index (κ3) is 3.02. The smallest absolute Gasteiger partial charge is 0.231 e. The van der Waals surface area contributed by atoms with E-state index >= 15 is 0 Å². The standard InChI is InChI=1S/C18H21N3O2/c1-2-8-20-15(4-1)18(21-10-3-7-19-9-11-21)14-5-6-16-17(12-14)23-13-22-16/h1-2,4-6,8,12,18-19H,3,7,9-11,13H2. The van der Waals surface area contributed by atoms with Crippen LogP contribution in [0.1, 0.15) is 23.7 Å². The highest BCUT2D eigenvalue weighted by Gasteiger charge is 2.26. The number of nitrogens with zero attached hydrogens (tertiary/aromatic N) is 2. The minimum absolute atomic E-state index is 0.144. The second-order valence-corrected chi connectivity index (χ2v) is 5.91. The van der Waals surface area contributed by atoms with Gasteiger partial charge in [-0.1, -0.05) is 12.1 Å². The fraction of sp³-hybridized carbons (Fsp3) is 0.389. The van der Waals surface area contributed by atoms with E-state index in [1.54, 1.807) is 0 Å². The molecule has 1 aromatic carbocycles. The molecule has 2 aliphatic rings. The van der Waals surface area contributed by atoms with Crippen LogP contribution in [0.25, 0.3) is 0 Å². The van der Waals surface area contributed by atoms with Crippen LogP contribution in [0, 0.1) is 0 Å². The molecule has 2 aromatic rings. The van der Waals surface area contributed by atoms with Crippen LogP contribution in [0.5, 0.6) is 11.5 Å². The molecule has 5 nitrogen and oxygen atoms in total. The first-order valence-electron chi connectivity index (χ1n) is 8.17. The fourth-order valence-corrected chi connectivity index (χ4v) is 3.31. The average Bonchev–Trinajstić information content (AvgIpc) is 2.90. The van der Waals surface area contributed by atoms with Gasteiger partial charge < -0.3 is 14.8 Å². The third-order valence-corrected chi connectivity index (χ3v) is 4.42. The van der Waals surface area contributed by atoms with Gasteiger partial charge in [0.15, 0.2) is 11.5 Å². The first-order valence-corrected chi connectivity index (χ1v) is 8.17. The Morgan fingerprint density at radius 3 is 2.91 bits per heavy atom. The van der Waals surface area contributed by atoms with Gasteiger partial charge >= 0.3 is 0 Å². The van der Waals surface area contributed by atoms with Gasteiger partial charge in [0.05, 0.1) is 11.7 Å². The topological polar surface area (TPSA) is 46.6 Å². The molecule has 0 aliphatic carbocycles. The van der Waals surface area contributed by atoms with Gasteiger partial charge in [0.25, 0.3) is 0 Å². The normalized spacial score (nSPS) is 19.3. The minimum Gasteiger partial charge on any atom is -0.454 e. The molecule has 1 N–H and O–H groups in total. The van der Waals surface area contributed by atoms with Gasteiger partial charge in [-0.2, -0.15) is 0 Å². The maximum Gasteiger partial charge on any atom is 0.231 e. The molecule has 1 aromatic heterocycles. The van der Waals surface area contributed by atoms with Crippen LogP contribution in [0.2, 0.25) is 0 Å². The summed E-state index contributed by atoms with van der Waals surface area (Å²) < 4.78 is 11.0. The highest BCUT2D eigenvalue weighted by Crippen LogP contribution is 2.37. The Morgan fingerprint density at radius 2 is 2.00 bits per heavy atom. The highest BCUT2D eigenvalue weighted by atomic mass is 16.7. The molecular formula is C18H21N3O2. The molecule has 0 amide bonds. The summed E-state index contributed by atoms with van der Waals surface area (Å²) in [7, 11) is 0. The molecule has 23 heavy (non-hydrogen) atoms. The van der Waals surface area contributed by atoms with Crippen LogP contribution in [0.4, 0.5) is 0 Å². The van der Waals surface area contributed by atoms with Crippen molar-refractivity contribution in [2.75, 3.05) is 33.0 Å². The predicted octanol–water partition coefficient (Wildman–Crippen LogP) is 2.19. The number of ether oxygens (including phenoxy) is 2. The Bertz CT molecular complexity index is 655. The lowest BCUT2D eigenvalue weighted by molar-refractivity contribution is 0.173. The zero-order valence-corrected chi connectivity index (χ0v) is 13.1. The number of aromatic nitrogens is 1. The van der Waals surface area contributed by atoms with E-state index < -0.39 is 0 Å². The molecule has 2 aliphatic heterocycles. The van der Waals surface area contributed by atoms with Crippen molar-refractivity contribution in [3.05, 3.63) is 53.9 Å². The predicted molar refractivity (Wildman–Crippen MR) is 87.7 cm³/mol. The Labute approximate surface area is 136 Å². The lowest BCUT2D eigenvalue weighted by Gasteiger charge is -2.30. The Morgan fingerprint density at radius 1 is 1.04 bits per heavy atom. The molecular weight excluding hydrogens is 290 g/mol. The monoisotopic (exact) mass is 311 g/mol. The summed E-state index contributed by atoms with van der Waals surface area (Å²) in [5.41, 5.74) is 2.28. The number of benzene rings is 1. The number of fused-ring (bicyclic) bond motifs is 1.